The number of nitriles is 1. The van der Waals surface area contributed by atoms with Gasteiger partial charge in [0.1, 0.15) is 5.69 Å². The molecule has 0 aliphatic carbocycles. The van der Waals surface area contributed by atoms with Crippen LogP contribution in [0.2, 0.25) is 0 Å². The van der Waals surface area contributed by atoms with Crippen molar-refractivity contribution in [2.24, 2.45) is 0 Å². The third kappa shape index (κ3) is 3.89. The van der Waals surface area contributed by atoms with Gasteiger partial charge in [0, 0.05) is 17.4 Å². The van der Waals surface area contributed by atoms with Gasteiger partial charge >= 0.3 is 0 Å². The van der Waals surface area contributed by atoms with Crippen molar-refractivity contribution in [1.29, 1.82) is 5.26 Å². The maximum Gasteiger partial charge on any atom is 0.267 e. The molecule has 0 atom stereocenters. The first-order chi connectivity index (χ1) is 12.2. The number of hydrogen-bond donors (Lipinski definition) is 2. The lowest BCUT2D eigenvalue weighted by Gasteiger charge is -2.02. The molecule has 0 spiro atoms. The van der Waals surface area contributed by atoms with Gasteiger partial charge in [0.05, 0.1) is 11.6 Å². The van der Waals surface area contributed by atoms with E-state index in [0.29, 0.717) is 17.8 Å². The molecule has 0 radical (unpaired) electrons. The quantitative estimate of drug-likeness (QED) is 0.647. The van der Waals surface area contributed by atoms with E-state index >= 15 is 0 Å². The number of aromatic amines is 1. The second-order valence-corrected chi connectivity index (χ2v) is 6.14. The van der Waals surface area contributed by atoms with E-state index in [1.807, 2.05) is 48.5 Å². The summed E-state index contributed by atoms with van der Waals surface area (Å²) in [6.07, 6.45) is 3.27. The Morgan fingerprint density at radius 3 is 2.56 bits per heavy atom. The van der Waals surface area contributed by atoms with Crippen LogP contribution in [0.25, 0.3) is 22.0 Å². The standard InChI is InChI=1S/C21H21N3O/c1-2-3-4-11-23-21(25)20-13-18-10-9-17(12-19(18)24-20)16-7-5-15(14-22)6-8-16/h5-10,12-13,24H,2-4,11H2,1H3,(H,23,25). The third-order valence-electron chi connectivity index (χ3n) is 4.28. The molecule has 0 saturated carbocycles. The Labute approximate surface area is 147 Å². The van der Waals surface area contributed by atoms with Gasteiger partial charge in [0.15, 0.2) is 0 Å². The van der Waals surface area contributed by atoms with Crippen molar-refractivity contribution in [3.05, 3.63) is 59.8 Å². The van der Waals surface area contributed by atoms with Gasteiger partial charge in [0.25, 0.3) is 5.91 Å². The van der Waals surface area contributed by atoms with E-state index in [1.54, 1.807) is 0 Å². The number of benzene rings is 2. The lowest BCUT2D eigenvalue weighted by molar-refractivity contribution is 0.0949. The molecule has 3 rings (SSSR count). The maximum absolute atomic E-state index is 12.2. The molecule has 0 aliphatic heterocycles. The van der Waals surface area contributed by atoms with Crippen LogP contribution in [-0.2, 0) is 0 Å². The van der Waals surface area contributed by atoms with E-state index in [-0.39, 0.29) is 5.91 Å². The molecule has 25 heavy (non-hydrogen) atoms. The minimum Gasteiger partial charge on any atom is -0.351 e. The highest BCUT2D eigenvalue weighted by atomic mass is 16.1. The second-order valence-electron chi connectivity index (χ2n) is 6.14. The molecule has 0 aliphatic rings. The Morgan fingerprint density at radius 1 is 1.08 bits per heavy atom. The van der Waals surface area contributed by atoms with Gasteiger partial charge in [-0.2, -0.15) is 5.26 Å². The van der Waals surface area contributed by atoms with Crippen LogP contribution in [0.15, 0.2) is 48.5 Å². The largest absolute Gasteiger partial charge is 0.351 e. The topological polar surface area (TPSA) is 68.7 Å². The summed E-state index contributed by atoms with van der Waals surface area (Å²) in [5, 5.41) is 12.9. The predicted octanol–water partition coefficient (Wildman–Crippen LogP) is 4.63. The summed E-state index contributed by atoms with van der Waals surface area (Å²) in [7, 11) is 0. The van der Waals surface area contributed by atoms with E-state index in [1.165, 1.54) is 0 Å². The van der Waals surface area contributed by atoms with Crippen LogP contribution < -0.4 is 5.32 Å². The molecule has 0 saturated heterocycles. The zero-order chi connectivity index (χ0) is 17.6. The maximum atomic E-state index is 12.2. The molecule has 4 heteroatoms. The van der Waals surface area contributed by atoms with Gasteiger partial charge in [-0.05, 0) is 41.8 Å². The summed E-state index contributed by atoms with van der Waals surface area (Å²) in [5.41, 5.74) is 4.26. The molecular weight excluding hydrogens is 310 g/mol. The average Bonchev–Trinajstić information content (AvgIpc) is 3.08. The number of carbonyl (C=O) groups excluding carboxylic acids is 1. The Balaban J connectivity index is 1.79. The number of carbonyl (C=O) groups is 1. The van der Waals surface area contributed by atoms with Crippen molar-refractivity contribution in [2.45, 2.75) is 26.2 Å². The molecule has 2 aromatic carbocycles. The van der Waals surface area contributed by atoms with Crippen LogP contribution in [0.1, 0.15) is 42.2 Å². The van der Waals surface area contributed by atoms with Crippen molar-refractivity contribution in [3.8, 4) is 17.2 Å². The number of nitrogens with zero attached hydrogens (tertiary/aromatic N) is 1. The molecule has 0 bridgehead atoms. The lowest BCUT2D eigenvalue weighted by atomic mass is 10.0. The van der Waals surface area contributed by atoms with E-state index in [2.05, 4.69) is 23.3 Å². The fourth-order valence-electron chi connectivity index (χ4n) is 2.84. The molecule has 0 unspecified atom stereocenters. The van der Waals surface area contributed by atoms with Crippen LogP contribution in [-0.4, -0.2) is 17.4 Å². The minimum absolute atomic E-state index is 0.0628. The summed E-state index contributed by atoms with van der Waals surface area (Å²) in [6.45, 7) is 2.85. The van der Waals surface area contributed by atoms with E-state index in [0.717, 1.165) is 41.3 Å². The second kappa shape index (κ2) is 7.67. The van der Waals surface area contributed by atoms with E-state index in [4.69, 9.17) is 5.26 Å². The van der Waals surface area contributed by atoms with Crippen LogP contribution in [0.3, 0.4) is 0 Å². The predicted molar refractivity (Wildman–Crippen MR) is 100 cm³/mol. The number of unbranched alkanes of at least 4 members (excludes halogenated alkanes) is 2. The Bertz CT molecular complexity index is 916. The molecule has 1 aromatic heterocycles. The van der Waals surface area contributed by atoms with Gasteiger partial charge < -0.3 is 10.3 Å². The number of fused-ring (bicyclic) bond motifs is 1. The monoisotopic (exact) mass is 331 g/mol. The van der Waals surface area contributed by atoms with Crippen molar-refractivity contribution >= 4 is 16.8 Å². The number of nitrogens with one attached hydrogen (secondary N) is 2. The van der Waals surface area contributed by atoms with Crippen LogP contribution in [0.4, 0.5) is 0 Å². The lowest BCUT2D eigenvalue weighted by Crippen LogP contribution is -2.24. The summed E-state index contributed by atoms with van der Waals surface area (Å²) in [4.78, 5) is 15.4. The highest BCUT2D eigenvalue weighted by molar-refractivity contribution is 5.98. The Hall–Kier alpha value is -3.06. The third-order valence-corrected chi connectivity index (χ3v) is 4.28. The van der Waals surface area contributed by atoms with Gasteiger partial charge in [-0.15, -0.1) is 0 Å². The highest BCUT2D eigenvalue weighted by Gasteiger charge is 2.09. The first kappa shape index (κ1) is 16.8. The average molecular weight is 331 g/mol. The van der Waals surface area contributed by atoms with Crippen LogP contribution in [0, 0.1) is 11.3 Å². The molecule has 2 N–H and O–H groups in total. The first-order valence-electron chi connectivity index (χ1n) is 8.63. The molecule has 1 heterocycles. The molecule has 3 aromatic rings. The normalized spacial score (nSPS) is 10.6. The fraction of sp³-hybridized carbons (Fsp3) is 0.238. The molecule has 1 amide bonds. The van der Waals surface area contributed by atoms with Gasteiger partial charge in [-0.3, -0.25) is 4.79 Å². The molecule has 0 fully saturated rings. The van der Waals surface area contributed by atoms with Gasteiger partial charge in [-0.1, -0.05) is 44.0 Å². The number of H-pyrrole nitrogens is 1. The number of aromatic nitrogens is 1. The molecule has 4 nitrogen and oxygen atoms in total. The van der Waals surface area contributed by atoms with Crippen LogP contribution >= 0.6 is 0 Å². The summed E-state index contributed by atoms with van der Waals surface area (Å²) in [5.74, 6) is -0.0628. The van der Waals surface area contributed by atoms with Gasteiger partial charge in [0.2, 0.25) is 0 Å². The molecular formula is C21H21N3O. The minimum atomic E-state index is -0.0628. The zero-order valence-corrected chi connectivity index (χ0v) is 14.3. The van der Waals surface area contributed by atoms with Gasteiger partial charge in [-0.25, -0.2) is 0 Å². The summed E-state index contributed by atoms with van der Waals surface area (Å²) < 4.78 is 0. The van der Waals surface area contributed by atoms with Crippen molar-refractivity contribution in [3.63, 3.8) is 0 Å². The number of amides is 1. The van der Waals surface area contributed by atoms with Crippen molar-refractivity contribution in [2.75, 3.05) is 6.54 Å². The fourth-order valence-corrected chi connectivity index (χ4v) is 2.84. The highest BCUT2D eigenvalue weighted by Crippen LogP contribution is 2.25. The van der Waals surface area contributed by atoms with E-state index in [9.17, 15) is 4.79 Å². The van der Waals surface area contributed by atoms with Crippen molar-refractivity contribution in [1.82, 2.24) is 10.3 Å². The Morgan fingerprint density at radius 2 is 1.84 bits per heavy atom. The number of rotatable bonds is 6. The van der Waals surface area contributed by atoms with E-state index < -0.39 is 0 Å². The zero-order valence-electron chi connectivity index (χ0n) is 14.3. The first-order valence-corrected chi connectivity index (χ1v) is 8.63. The number of hydrogen-bond acceptors (Lipinski definition) is 2. The van der Waals surface area contributed by atoms with Crippen LogP contribution in [0.5, 0.6) is 0 Å². The SMILES string of the molecule is CCCCCNC(=O)c1cc2ccc(-c3ccc(C#N)cc3)cc2[nH]1. The smallest absolute Gasteiger partial charge is 0.267 e. The Kier molecular flexibility index (Phi) is 5.15. The van der Waals surface area contributed by atoms with Crippen molar-refractivity contribution < 1.29 is 4.79 Å². The summed E-state index contributed by atoms with van der Waals surface area (Å²) >= 11 is 0. The molecule has 126 valence electrons. The summed E-state index contributed by atoms with van der Waals surface area (Å²) in [6, 6.07) is 17.6.